The van der Waals surface area contributed by atoms with Crippen LogP contribution in [0.5, 0.6) is 0 Å². The highest BCUT2D eigenvalue weighted by atomic mass is 79.9. The smallest absolute Gasteiger partial charge is 0.242 e. The van der Waals surface area contributed by atoms with Gasteiger partial charge in [-0.25, -0.2) is 0 Å². The van der Waals surface area contributed by atoms with Gasteiger partial charge < -0.3 is 16.4 Å². The standard InChI is InChI=1S/C13H20BrN3O/c1-4-5-16-13(18)9(3)17-12-6-8(2)11(15)7-10(12)14/h6-7,9,17H,4-5,15H2,1-3H3,(H,16,18). The molecule has 0 saturated heterocycles. The van der Waals surface area contributed by atoms with E-state index in [0.717, 1.165) is 27.8 Å². The number of rotatable bonds is 5. The van der Waals surface area contributed by atoms with Crippen molar-refractivity contribution >= 4 is 33.2 Å². The number of anilines is 2. The Kier molecular flexibility index (Phi) is 5.47. The number of aryl methyl sites for hydroxylation is 1. The fraction of sp³-hybridized carbons (Fsp3) is 0.462. The molecule has 1 atom stereocenters. The summed E-state index contributed by atoms with van der Waals surface area (Å²) in [7, 11) is 0. The van der Waals surface area contributed by atoms with Crippen LogP contribution in [0.2, 0.25) is 0 Å². The van der Waals surface area contributed by atoms with E-state index in [9.17, 15) is 4.79 Å². The second-order valence-corrected chi connectivity index (χ2v) is 5.20. The third-order valence-electron chi connectivity index (χ3n) is 2.67. The Labute approximate surface area is 116 Å². The number of nitrogens with two attached hydrogens (primary N) is 1. The molecule has 5 heteroatoms. The number of benzene rings is 1. The summed E-state index contributed by atoms with van der Waals surface area (Å²) in [6, 6.07) is 3.49. The number of nitrogen functional groups attached to an aromatic ring is 1. The van der Waals surface area contributed by atoms with Gasteiger partial charge in [0.05, 0.1) is 0 Å². The van der Waals surface area contributed by atoms with Crippen molar-refractivity contribution in [3.63, 3.8) is 0 Å². The summed E-state index contributed by atoms with van der Waals surface area (Å²) in [6.45, 7) is 6.50. The molecule has 0 heterocycles. The van der Waals surface area contributed by atoms with Crippen molar-refractivity contribution in [1.82, 2.24) is 5.32 Å². The van der Waals surface area contributed by atoms with Gasteiger partial charge in [0.25, 0.3) is 0 Å². The zero-order chi connectivity index (χ0) is 13.7. The Bertz CT molecular complexity index is 434. The highest BCUT2D eigenvalue weighted by molar-refractivity contribution is 9.10. The van der Waals surface area contributed by atoms with Gasteiger partial charge in [0, 0.05) is 22.4 Å². The molecule has 0 aliphatic rings. The van der Waals surface area contributed by atoms with Crippen LogP contribution in [-0.2, 0) is 4.79 Å². The maximum atomic E-state index is 11.8. The first-order chi connectivity index (χ1) is 8.45. The quantitative estimate of drug-likeness (QED) is 0.732. The Balaban J connectivity index is 2.72. The lowest BCUT2D eigenvalue weighted by molar-refractivity contribution is -0.121. The first-order valence-electron chi connectivity index (χ1n) is 6.05. The molecule has 0 saturated carbocycles. The van der Waals surface area contributed by atoms with Crippen molar-refractivity contribution < 1.29 is 4.79 Å². The van der Waals surface area contributed by atoms with Crippen molar-refractivity contribution in [2.45, 2.75) is 33.2 Å². The number of hydrogen-bond donors (Lipinski definition) is 3. The SMILES string of the molecule is CCCNC(=O)C(C)Nc1cc(C)c(N)cc1Br. The number of hydrogen-bond acceptors (Lipinski definition) is 3. The lowest BCUT2D eigenvalue weighted by Gasteiger charge is -2.17. The predicted molar refractivity (Wildman–Crippen MR) is 79.7 cm³/mol. The summed E-state index contributed by atoms with van der Waals surface area (Å²) in [5.74, 6) is -0.00164. The molecule has 0 bridgehead atoms. The molecule has 1 aromatic rings. The highest BCUT2D eigenvalue weighted by Gasteiger charge is 2.13. The Morgan fingerprint density at radius 2 is 2.17 bits per heavy atom. The van der Waals surface area contributed by atoms with Gasteiger partial charge >= 0.3 is 0 Å². The monoisotopic (exact) mass is 313 g/mol. The fourth-order valence-corrected chi connectivity index (χ4v) is 1.98. The first-order valence-corrected chi connectivity index (χ1v) is 6.84. The maximum absolute atomic E-state index is 11.8. The molecular formula is C13H20BrN3O. The highest BCUT2D eigenvalue weighted by Crippen LogP contribution is 2.28. The molecule has 0 spiro atoms. The molecule has 1 aromatic carbocycles. The average molecular weight is 314 g/mol. The van der Waals surface area contributed by atoms with Gasteiger partial charge in [-0.2, -0.15) is 0 Å². The summed E-state index contributed by atoms with van der Waals surface area (Å²) >= 11 is 3.44. The van der Waals surface area contributed by atoms with E-state index < -0.39 is 0 Å². The molecule has 1 rings (SSSR count). The number of carbonyl (C=O) groups excluding carboxylic acids is 1. The number of carbonyl (C=O) groups is 1. The van der Waals surface area contributed by atoms with Gasteiger partial charge in [-0.3, -0.25) is 4.79 Å². The lowest BCUT2D eigenvalue weighted by Crippen LogP contribution is -2.37. The molecule has 1 unspecified atom stereocenters. The summed E-state index contributed by atoms with van der Waals surface area (Å²) < 4.78 is 0.862. The van der Waals surface area contributed by atoms with Crippen molar-refractivity contribution in [2.24, 2.45) is 0 Å². The number of amides is 1. The molecule has 0 radical (unpaired) electrons. The van der Waals surface area contributed by atoms with Crippen LogP contribution < -0.4 is 16.4 Å². The van der Waals surface area contributed by atoms with E-state index in [-0.39, 0.29) is 11.9 Å². The van der Waals surface area contributed by atoms with Crippen LogP contribution in [0, 0.1) is 6.92 Å². The predicted octanol–water partition coefficient (Wildman–Crippen LogP) is 2.67. The zero-order valence-electron chi connectivity index (χ0n) is 11.0. The van der Waals surface area contributed by atoms with Crippen LogP contribution in [0.15, 0.2) is 16.6 Å². The topological polar surface area (TPSA) is 67.2 Å². The first kappa shape index (κ1) is 14.8. The van der Waals surface area contributed by atoms with Crippen LogP contribution in [0.1, 0.15) is 25.8 Å². The van der Waals surface area contributed by atoms with Crippen LogP contribution in [0.4, 0.5) is 11.4 Å². The van der Waals surface area contributed by atoms with Crippen molar-refractivity contribution in [3.8, 4) is 0 Å². The molecule has 18 heavy (non-hydrogen) atoms. The van der Waals surface area contributed by atoms with E-state index in [4.69, 9.17) is 5.73 Å². The van der Waals surface area contributed by atoms with Crippen LogP contribution >= 0.6 is 15.9 Å². The van der Waals surface area contributed by atoms with Crippen LogP contribution in [0.25, 0.3) is 0 Å². The van der Waals surface area contributed by atoms with Gasteiger partial charge in [0.2, 0.25) is 5.91 Å². The lowest BCUT2D eigenvalue weighted by atomic mass is 10.1. The Hall–Kier alpha value is -1.23. The van der Waals surface area contributed by atoms with Crippen molar-refractivity contribution in [3.05, 3.63) is 22.2 Å². The van der Waals surface area contributed by atoms with Gasteiger partial charge in [0.1, 0.15) is 6.04 Å². The Morgan fingerprint density at radius 3 is 2.78 bits per heavy atom. The summed E-state index contributed by atoms with van der Waals surface area (Å²) in [5, 5.41) is 6.03. The minimum absolute atomic E-state index is 0.00164. The largest absolute Gasteiger partial charge is 0.398 e. The minimum atomic E-state index is -0.282. The molecule has 0 fully saturated rings. The van der Waals surface area contributed by atoms with Crippen LogP contribution in [-0.4, -0.2) is 18.5 Å². The van der Waals surface area contributed by atoms with E-state index in [2.05, 4.69) is 26.6 Å². The van der Waals surface area contributed by atoms with Crippen molar-refractivity contribution in [1.29, 1.82) is 0 Å². The average Bonchev–Trinajstić information content (AvgIpc) is 2.32. The van der Waals surface area contributed by atoms with Crippen molar-refractivity contribution in [2.75, 3.05) is 17.6 Å². The van der Waals surface area contributed by atoms with Gasteiger partial charge in [-0.15, -0.1) is 0 Å². The molecule has 1 amide bonds. The maximum Gasteiger partial charge on any atom is 0.242 e. The second-order valence-electron chi connectivity index (χ2n) is 4.35. The van der Waals surface area contributed by atoms with E-state index in [1.165, 1.54) is 0 Å². The molecule has 0 aliphatic carbocycles. The number of nitrogens with one attached hydrogen (secondary N) is 2. The summed E-state index contributed by atoms with van der Waals surface area (Å²) in [6.07, 6.45) is 0.934. The van der Waals surface area contributed by atoms with E-state index in [1.807, 2.05) is 32.9 Å². The zero-order valence-corrected chi connectivity index (χ0v) is 12.6. The molecule has 100 valence electrons. The molecular weight excluding hydrogens is 294 g/mol. The Morgan fingerprint density at radius 1 is 1.50 bits per heavy atom. The summed E-state index contributed by atoms with van der Waals surface area (Å²) in [4.78, 5) is 11.8. The third kappa shape index (κ3) is 3.91. The van der Waals surface area contributed by atoms with Gasteiger partial charge in [0.15, 0.2) is 0 Å². The molecule has 0 aliphatic heterocycles. The van der Waals surface area contributed by atoms with Crippen LogP contribution in [0.3, 0.4) is 0 Å². The third-order valence-corrected chi connectivity index (χ3v) is 3.33. The van der Waals surface area contributed by atoms with E-state index in [0.29, 0.717) is 6.54 Å². The number of halogens is 1. The second kappa shape index (κ2) is 6.64. The molecule has 4 N–H and O–H groups in total. The molecule has 4 nitrogen and oxygen atoms in total. The van der Waals surface area contributed by atoms with E-state index >= 15 is 0 Å². The van der Waals surface area contributed by atoms with Gasteiger partial charge in [-0.1, -0.05) is 6.92 Å². The van der Waals surface area contributed by atoms with E-state index in [1.54, 1.807) is 0 Å². The fourth-order valence-electron chi connectivity index (χ4n) is 1.51. The summed E-state index contributed by atoms with van der Waals surface area (Å²) in [5.41, 5.74) is 8.40. The normalized spacial score (nSPS) is 12.0. The molecule has 0 aromatic heterocycles. The minimum Gasteiger partial charge on any atom is -0.398 e. The van der Waals surface area contributed by atoms with Gasteiger partial charge in [-0.05, 0) is 53.9 Å².